The highest BCUT2D eigenvalue weighted by Crippen LogP contribution is 2.60. The summed E-state index contributed by atoms with van der Waals surface area (Å²) in [4.78, 5) is 2.43. The highest BCUT2D eigenvalue weighted by molar-refractivity contribution is 6.10. The quantitative estimate of drug-likeness (QED) is 0.174. The summed E-state index contributed by atoms with van der Waals surface area (Å²) >= 11 is 0. The molecule has 2 atom stereocenters. The van der Waals surface area contributed by atoms with E-state index < -0.39 is 0 Å². The topological polar surface area (TPSA) is 8.17 Å². The van der Waals surface area contributed by atoms with Crippen LogP contribution in [0.3, 0.4) is 0 Å². The molecule has 0 radical (unpaired) electrons. The van der Waals surface area contributed by atoms with E-state index in [-0.39, 0.29) is 17.3 Å². The van der Waals surface area contributed by atoms with E-state index in [1.165, 1.54) is 44.1 Å². The second-order valence-electron chi connectivity index (χ2n) is 13.7. The van der Waals surface area contributed by atoms with Crippen molar-refractivity contribution >= 4 is 38.9 Å². The van der Waals surface area contributed by atoms with Crippen LogP contribution in [0.2, 0.25) is 0 Å². The molecule has 0 bridgehead atoms. The van der Waals surface area contributed by atoms with Crippen LogP contribution in [0.4, 0.5) is 17.1 Å². The van der Waals surface area contributed by atoms with Crippen molar-refractivity contribution in [2.75, 3.05) is 4.90 Å². The van der Waals surface area contributed by atoms with Crippen molar-refractivity contribution in [1.82, 2.24) is 4.57 Å². The lowest BCUT2D eigenvalue weighted by Gasteiger charge is -2.39. The molecule has 2 unspecified atom stereocenters. The monoisotopic (exact) mass is 652 g/mol. The number of fused-ring (bicyclic) bond motifs is 6. The summed E-state index contributed by atoms with van der Waals surface area (Å²) in [6.07, 6.45) is 9.31. The van der Waals surface area contributed by atoms with Crippen LogP contribution < -0.4 is 4.90 Å². The number of benzene rings is 7. The summed E-state index contributed by atoms with van der Waals surface area (Å²) in [5, 5.41) is 2.50. The molecule has 1 aromatic heterocycles. The molecule has 0 saturated heterocycles. The van der Waals surface area contributed by atoms with Gasteiger partial charge in [-0.25, -0.2) is 0 Å². The van der Waals surface area contributed by atoms with Gasteiger partial charge in [-0.05, 0) is 76.9 Å². The van der Waals surface area contributed by atoms with E-state index >= 15 is 0 Å². The predicted octanol–water partition coefficient (Wildman–Crippen LogP) is 12.4. The van der Waals surface area contributed by atoms with E-state index in [2.05, 4.69) is 216 Å². The number of aromatic nitrogens is 1. The number of hydrogen-bond acceptors (Lipinski definition) is 1. The minimum atomic E-state index is -0.355. The zero-order valence-electron chi connectivity index (χ0n) is 28.2. The first-order chi connectivity index (χ1) is 25.3. The molecule has 1 heterocycles. The first-order valence-electron chi connectivity index (χ1n) is 17.9. The number of para-hydroxylation sites is 3. The van der Waals surface area contributed by atoms with Gasteiger partial charge in [0, 0.05) is 45.4 Å². The number of nitrogens with zero attached hydrogens (tertiary/aromatic N) is 2. The van der Waals surface area contributed by atoms with Crippen LogP contribution in [0.15, 0.2) is 206 Å². The fourth-order valence-electron chi connectivity index (χ4n) is 9.06. The predicted molar refractivity (Wildman–Crippen MR) is 213 cm³/mol. The van der Waals surface area contributed by atoms with E-state index in [1.54, 1.807) is 0 Å². The van der Waals surface area contributed by atoms with Gasteiger partial charge >= 0.3 is 0 Å². The number of hydrogen-bond donors (Lipinski definition) is 0. The molecule has 8 aromatic rings. The zero-order chi connectivity index (χ0) is 33.8. The van der Waals surface area contributed by atoms with Gasteiger partial charge in [-0.1, -0.05) is 152 Å². The summed E-state index contributed by atoms with van der Waals surface area (Å²) < 4.78 is 2.40. The van der Waals surface area contributed by atoms with Crippen molar-refractivity contribution < 1.29 is 0 Å². The fraction of sp³-hybridized carbons (Fsp3) is 0.0612. The number of anilines is 3. The molecule has 10 rings (SSSR count). The molecule has 0 saturated carbocycles. The minimum absolute atomic E-state index is 0.251. The van der Waals surface area contributed by atoms with Crippen molar-refractivity contribution in [3.63, 3.8) is 0 Å². The van der Waals surface area contributed by atoms with E-state index in [0.29, 0.717) is 0 Å². The highest BCUT2D eigenvalue weighted by atomic mass is 15.1. The Morgan fingerprint density at radius 2 is 1.02 bits per heavy atom. The van der Waals surface area contributed by atoms with Gasteiger partial charge in [0.15, 0.2) is 0 Å². The SMILES string of the molecule is C1=CC2c3ccc(N(c4ccccc4)c4ccc5c6ccccc6n(-c6ccccc6)c5c4)cc3C(c3ccccc3)(c3ccccc3)C2C=C1. The maximum Gasteiger partial charge on any atom is 0.0561 e. The van der Waals surface area contributed by atoms with E-state index in [9.17, 15) is 0 Å². The zero-order valence-corrected chi connectivity index (χ0v) is 28.2. The molecule has 0 amide bonds. The molecule has 0 N–H and O–H groups in total. The van der Waals surface area contributed by atoms with Crippen LogP contribution in [0, 0.1) is 5.92 Å². The van der Waals surface area contributed by atoms with Crippen LogP contribution in [0.25, 0.3) is 27.5 Å². The molecule has 2 aliphatic rings. The normalized spacial score (nSPS) is 17.0. The third-order valence-corrected chi connectivity index (χ3v) is 11.1. The van der Waals surface area contributed by atoms with Gasteiger partial charge < -0.3 is 9.47 Å². The Morgan fingerprint density at radius 3 is 1.75 bits per heavy atom. The Labute approximate surface area is 298 Å². The van der Waals surface area contributed by atoms with Crippen LogP contribution in [-0.2, 0) is 5.41 Å². The Balaban J connectivity index is 1.24. The van der Waals surface area contributed by atoms with Crippen molar-refractivity contribution in [3.05, 3.63) is 229 Å². The summed E-state index contributed by atoms with van der Waals surface area (Å²) in [5.74, 6) is 0.531. The third kappa shape index (κ3) is 4.50. The average molecular weight is 653 g/mol. The molecule has 2 heteroatoms. The van der Waals surface area contributed by atoms with Gasteiger partial charge in [-0.2, -0.15) is 0 Å². The van der Waals surface area contributed by atoms with Crippen molar-refractivity contribution in [1.29, 1.82) is 0 Å². The maximum atomic E-state index is 2.49. The highest BCUT2D eigenvalue weighted by Gasteiger charge is 2.53. The number of rotatable bonds is 6. The summed E-state index contributed by atoms with van der Waals surface area (Å²) in [6.45, 7) is 0. The molecule has 242 valence electrons. The fourth-order valence-corrected chi connectivity index (χ4v) is 9.06. The summed E-state index contributed by atoms with van der Waals surface area (Å²) in [5.41, 5.74) is 12.0. The van der Waals surface area contributed by atoms with Gasteiger partial charge in [0.1, 0.15) is 0 Å². The Kier molecular flexibility index (Phi) is 6.89. The van der Waals surface area contributed by atoms with Gasteiger partial charge in [0.05, 0.1) is 16.4 Å². The van der Waals surface area contributed by atoms with E-state index in [1.807, 2.05) is 0 Å². The molecule has 0 aliphatic heterocycles. The Bertz CT molecular complexity index is 2540. The van der Waals surface area contributed by atoms with E-state index in [0.717, 1.165) is 22.7 Å². The van der Waals surface area contributed by atoms with Gasteiger partial charge in [0.25, 0.3) is 0 Å². The lowest BCUT2D eigenvalue weighted by atomic mass is 9.63. The van der Waals surface area contributed by atoms with Crippen LogP contribution in [-0.4, -0.2) is 4.57 Å². The lowest BCUT2D eigenvalue weighted by Crippen LogP contribution is -2.35. The molecular formula is C49H36N2. The molecule has 2 aliphatic carbocycles. The first-order valence-corrected chi connectivity index (χ1v) is 17.9. The second-order valence-corrected chi connectivity index (χ2v) is 13.7. The average Bonchev–Trinajstić information content (AvgIpc) is 3.70. The van der Waals surface area contributed by atoms with Crippen molar-refractivity contribution in [2.45, 2.75) is 11.3 Å². The Hall–Kier alpha value is -6.38. The lowest BCUT2D eigenvalue weighted by molar-refractivity contribution is 0.457. The number of allylic oxidation sites excluding steroid dienone is 4. The molecule has 7 aromatic carbocycles. The van der Waals surface area contributed by atoms with Crippen LogP contribution in [0.1, 0.15) is 28.2 Å². The minimum Gasteiger partial charge on any atom is -0.310 e. The molecule has 0 spiro atoms. The smallest absolute Gasteiger partial charge is 0.0561 e. The molecular weight excluding hydrogens is 617 g/mol. The van der Waals surface area contributed by atoms with Crippen LogP contribution >= 0.6 is 0 Å². The molecule has 2 nitrogen and oxygen atoms in total. The summed E-state index contributed by atoms with van der Waals surface area (Å²) in [7, 11) is 0. The van der Waals surface area contributed by atoms with Gasteiger partial charge in [-0.15, -0.1) is 0 Å². The Morgan fingerprint density at radius 1 is 0.451 bits per heavy atom. The molecule has 0 fully saturated rings. The van der Waals surface area contributed by atoms with Crippen LogP contribution in [0.5, 0.6) is 0 Å². The van der Waals surface area contributed by atoms with Gasteiger partial charge in [-0.3, -0.25) is 0 Å². The van der Waals surface area contributed by atoms with Crippen molar-refractivity contribution in [3.8, 4) is 5.69 Å². The van der Waals surface area contributed by atoms with E-state index in [4.69, 9.17) is 0 Å². The largest absolute Gasteiger partial charge is 0.310 e. The van der Waals surface area contributed by atoms with Gasteiger partial charge in [0.2, 0.25) is 0 Å². The second kappa shape index (κ2) is 11.9. The first kappa shape index (κ1) is 29.5. The maximum absolute atomic E-state index is 2.49. The standard InChI is InChI=1S/C49H36N2/c1-5-17-35(18-6-1)49(36-19-7-2-8-20-36)45-27-15-13-25-41(45)42-31-29-39(33-46(42)49)50(37-21-9-3-10-22-37)40-30-32-44-43-26-14-16-28-47(43)51(48(44)34-40)38-23-11-4-12-24-38/h1-34,41,45H. The third-order valence-electron chi connectivity index (χ3n) is 11.1. The molecule has 51 heavy (non-hydrogen) atoms. The van der Waals surface area contributed by atoms with Crippen molar-refractivity contribution in [2.24, 2.45) is 5.92 Å². The summed E-state index contributed by atoms with van der Waals surface area (Å²) in [6, 6.07) is 66.8.